The van der Waals surface area contributed by atoms with Crippen LogP contribution in [0.5, 0.6) is 0 Å². The Labute approximate surface area is 88.0 Å². The lowest BCUT2D eigenvalue weighted by molar-refractivity contribution is -0.139. The van der Waals surface area contributed by atoms with Crippen molar-refractivity contribution in [1.29, 1.82) is 0 Å². The molecule has 0 bridgehead atoms. The third kappa shape index (κ3) is 1.66. The first-order valence-electron chi connectivity index (χ1n) is 5.15. The number of aliphatic carboxylic acids is 1. The van der Waals surface area contributed by atoms with Crippen molar-refractivity contribution in [2.45, 2.75) is 19.3 Å². The molecule has 5 nitrogen and oxygen atoms in total. The fourth-order valence-electron chi connectivity index (χ4n) is 2.51. The van der Waals surface area contributed by atoms with Gasteiger partial charge in [0.15, 0.2) is 0 Å². The summed E-state index contributed by atoms with van der Waals surface area (Å²) < 4.78 is 4.62. The van der Waals surface area contributed by atoms with E-state index in [0.29, 0.717) is 13.1 Å². The molecule has 1 amide bonds. The molecule has 0 aromatic heterocycles. The number of likely N-dealkylation sites (tertiary alicyclic amines) is 1. The summed E-state index contributed by atoms with van der Waals surface area (Å²) in [6, 6.07) is 0. The number of piperidine rings is 1. The van der Waals surface area contributed by atoms with Crippen molar-refractivity contribution >= 4 is 12.1 Å². The molecule has 15 heavy (non-hydrogen) atoms. The van der Waals surface area contributed by atoms with E-state index in [2.05, 4.69) is 4.74 Å². The second-order valence-corrected chi connectivity index (χ2v) is 4.41. The van der Waals surface area contributed by atoms with Gasteiger partial charge in [-0.2, -0.15) is 0 Å². The predicted molar refractivity (Wildman–Crippen MR) is 51.4 cm³/mol. The zero-order valence-electron chi connectivity index (χ0n) is 8.73. The van der Waals surface area contributed by atoms with Crippen molar-refractivity contribution in [3.63, 3.8) is 0 Å². The Kier molecular flexibility index (Phi) is 2.32. The van der Waals surface area contributed by atoms with Crippen LogP contribution in [0.2, 0.25) is 0 Å². The number of methoxy groups -OCH3 is 1. The number of carboxylic acid groups (broad SMARTS) is 1. The minimum Gasteiger partial charge on any atom is -0.481 e. The van der Waals surface area contributed by atoms with Gasteiger partial charge < -0.3 is 14.7 Å². The van der Waals surface area contributed by atoms with Crippen molar-refractivity contribution in [2.75, 3.05) is 20.2 Å². The molecule has 1 aliphatic carbocycles. The average molecular weight is 213 g/mol. The maximum Gasteiger partial charge on any atom is 0.409 e. The summed E-state index contributed by atoms with van der Waals surface area (Å²) in [5.74, 6) is -0.876. The Morgan fingerprint density at radius 3 is 2.40 bits per heavy atom. The van der Waals surface area contributed by atoms with Crippen LogP contribution in [0.4, 0.5) is 4.79 Å². The van der Waals surface area contributed by atoms with Gasteiger partial charge in [0, 0.05) is 13.1 Å². The van der Waals surface area contributed by atoms with Gasteiger partial charge in [0.1, 0.15) is 0 Å². The molecule has 0 aromatic carbocycles. The number of amides is 1. The molecule has 1 N–H and O–H groups in total. The van der Waals surface area contributed by atoms with Crippen LogP contribution in [0.25, 0.3) is 0 Å². The van der Waals surface area contributed by atoms with Crippen LogP contribution in [0.3, 0.4) is 0 Å². The molecule has 2 aliphatic rings. The van der Waals surface area contributed by atoms with Crippen molar-refractivity contribution in [2.24, 2.45) is 11.3 Å². The number of ether oxygens (including phenoxy) is 1. The first-order valence-corrected chi connectivity index (χ1v) is 5.15. The molecule has 1 spiro atoms. The van der Waals surface area contributed by atoms with E-state index in [1.165, 1.54) is 7.11 Å². The summed E-state index contributed by atoms with van der Waals surface area (Å²) in [4.78, 5) is 23.6. The summed E-state index contributed by atoms with van der Waals surface area (Å²) >= 11 is 0. The van der Waals surface area contributed by atoms with E-state index >= 15 is 0 Å². The zero-order valence-corrected chi connectivity index (χ0v) is 8.73. The van der Waals surface area contributed by atoms with Crippen molar-refractivity contribution in [1.82, 2.24) is 4.90 Å². The summed E-state index contributed by atoms with van der Waals surface area (Å²) in [7, 11) is 1.36. The lowest BCUT2D eigenvalue weighted by atomic mass is 9.91. The minimum absolute atomic E-state index is 0.0175. The number of hydrogen-bond donors (Lipinski definition) is 1. The van der Waals surface area contributed by atoms with Crippen molar-refractivity contribution in [3.8, 4) is 0 Å². The van der Waals surface area contributed by atoms with Gasteiger partial charge in [-0.1, -0.05) is 0 Å². The fraction of sp³-hybridized carbons (Fsp3) is 0.800. The molecule has 1 saturated carbocycles. The van der Waals surface area contributed by atoms with E-state index in [9.17, 15) is 9.59 Å². The largest absolute Gasteiger partial charge is 0.481 e. The molecule has 1 aliphatic heterocycles. The molecular weight excluding hydrogens is 198 g/mol. The normalized spacial score (nSPS) is 27.5. The van der Waals surface area contributed by atoms with Crippen LogP contribution in [0.1, 0.15) is 19.3 Å². The number of hydrogen-bond acceptors (Lipinski definition) is 3. The second kappa shape index (κ2) is 3.40. The highest BCUT2D eigenvalue weighted by Crippen LogP contribution is 2.59. The number of rotatable bonds is 1. The SMILES string of the molecule is COC(=O)N1CCC2(CC1)CC2C(=O)O. The molecule has 1 saturated heterocycles. The molecule has 0 aromatic rings. The summed E-state index contributed by atoms with van der Waals surface area (Å²) in [5, 5.41) is 8.89. The van der Waals surface area contributed by atoms with E-state index in [4.69, 9.17) is 5.11 Å². The van der Waals surface area contributed by atoms with Crippen molar-refractivity contribution in [3.05, 3.63) is 0 Å². The maximum absolute atomic E-state index is 11.2. The van der Waals surface area contributed by atoms with E-state index in [1.807, 2.05) is 0 Å². The van der Waals surface area contributed by atoms with Crippen LogP contribution in [0, 0.1) is 11.3 Å². The van der Waals surface area contributed by atoms with Gasteiger partial charge in [-0.05, 0) is 24.7 Å². The highest BCUT2D eigenvalue weighted by atomic mass is 16.5. The Morgan fingerprint density at radius 1 is 1.40 bits per heavy atom. The van der Waals surface area contributed by atoms with Crippen molar-refractivity contribution < 1.29 is 19.4 Å². The van der Waals surface area contributed by atoms with E-state index in [1.54, 1.807) is 4.90 Å². The summed E-state index contributed by atoms with van der Waals surface area (Å²) in [6.07, 6.45) is 2.05. The highest BCUT2D eigenvalue weighted by Gasteiger charge is 2.59. The summed E-state index contributed by atoms with van der Waals surface area (Å²) in [6.45, 7) is 1.24. The molecule has 1 unspecified atom stereocenters. The first-order chi connectivity index (χ1) is 7.09. The lowest BCUT2D eigenvalue weighted by Gasteiger charge is -2.31. The molecule has 5 heteroatoms. The van der Waals surface area contributed by atoms with Crippen LogP contribution in [-0.2, 0) is 9.53 Å². The van der Waals surface area contributed by atoms with Gasteiger partial charge in [-0.3, -0.25) is 4.79 Å². The van der Waals surface area contributed by atoms with Gasteiger partial charge in [0.05, 0.1) is 13.0 Å². The molecule has 1 atom stereocenters. The minimum atomic E-state index is -0.693. The molecular formula is C10H15NO4. The van der Waals surface area contributed by atoms with E-state index < -0.39 is 5.97 Å². The molecule has 2 rings (SSSR count). The Morgan fingerprint density at radius 2 is 2.00 bits per heavy atom. The Balaban J connectivity index is 1.89. The number of carbonyl (C=O) groups is 2. The van der Waals surface area contributed by atoms with Gasteiger partial charge in [0.2, 0.25) is 0 Å². The first kappa shape index (κ1) is 10.3. The molecule has 1 heterocycles. The standard InChI is InChI=1S/C10H15NO4/c1-15-9(14)11-4-2-10(3-5-11)6-7(10)8(12)13/h7H,2-6H2,1H3,(H,12,13). The third-order valence-corrected chi connectivity index (χ3v) is 3.68. The van der Waals surface area contributed by atoms with Crippen LogP contribution < -0.4 is 0 Å². The van der Waals surface area contributed by atoms with Gasteiger partial charge in [0.25, 0.3) is 0 Å². The topological polar surface area (TPSA) is 66.8 Å². The van der Waals surface area contributed by atoms with Gasteiger partial charge in [-0.15, -0.1) is 0 Å². The fourth-order valence-corrected chi connectivity index (χ4v) is 2.51. The highest BCUT2D eigenvalue weighted by molar-refractivity contribution is 5.75. The quantitative estimate of drug-likeness (QED) is 0.704. The van der Waals surface area contributed by atoms with Gasteiger partial charge >= 0.3 is 12.1 Å². The van der Waals surface area contributed by atoms with Crippen LogP contribution >= 0.6 is 0 Å². The Hall–Kier alpha value is -1.26. The maximum atomic E-state index is 11.2. The number of nitrogens with zero attached hydrogens (tertiary/aromatic N) is 1. The average Bonchev–Trinajstić information content (AvgIpc) is 2.93. The van der Waals surface area contributed by atoms with E-state index in [0.717, 1.165) is 19.3 Å². The van der Waals surface area contributed by atoms with E-state index in [-0.39, 0.29) is 17.4 Å². The number of carbonyl (C=O) groups excluding carboxylic acids is 1. The second-order valence-electron chi connectivity index (χ2n) is 4.41. The summed E-state index contributed by atoms with van der Waals surface area (Å²) in [5.41, 5.74) is -0.0175. The molecule has 84 valence electrons. The predicted octanol–water partition coefficient (Wildman–Crippen LogP) is 0.940. The number of carboxylic acids is 1. The zero-order chi connectivity index (χ0) is 11.1. The lowest BCUT2D eigenvalue weighted by Crippen LogP contribution is -2.39. The van der Waals surface area contributed by atoms with Crippen LogP contribution in [0.15, 0.2) is 0 Å². The Bertz CT molecular complexity index is 294. The van der Waals surface area contributed by atoms with Gasteiger partial charge in [-0.25, -0.2) is 4.79 Å². The smallest absolute Gasteiger partial charge is 0.409 e. The molecule has 2 fully saturated rings. The van der Waals surface area contributed by atoms with Crippen LogP contribution in [-0.4, -0.2) is 42.3 Å². The monoisotopic (exact) mass is 213 g/mol. The third-order valence-electron chi connectivity index (χ3n) is 3.68. The molecule has 0 radical (unpaired) electrons.